The van der Waals surface area contributed by atoms with Crippen LogP contribution in [-0.4, -0.2) is 34.1 Å². The molecule has 1 unspecified atom stereocenters. The van der Waals surface area contributed by atoms with E-state index in [2.05, 4.69) is 50.7 Å². The largest absolute Gasteiger partial charge is 0.384 e. The Balaban J connectivity index is 1.81. The number of H-pyrrole nitrogens is 1. The van der Waals surface area contributed by atoms with E-state index in [1.807, 2.05) is 20.0 Å². The lowest BCUT2D eigenvalue weighted by molar-refractivity contribution is 0.506. The summed E-state index contributed by atoms with van der Waals surface area (Å²) < 4.78 is 0. The van der Waals surface area contributed by atoms with E-state index >= 15 is 0 Å². The summed E-state index contributed by atoms with van der Waals surface area (Å²) in [6, 6.07) is 1.90. The number of likely N-dealkylation sites (N-methyl/N-ethyl adjacent to an activating group) is 1. The molecule has 0 saturated carbocycles. The summed E-state index contributed by atoms with van der Waals surface area (Å²) in [5.41, 5.74) is 12.2. The van der Waals surface area contributed by atoms with Crippen molar-refractivity contribution in [3.05, 3.63) is 46.8 Å². The molecule has 0 aromatic carbocycles. The number of rotatable bonds is 3. The van der Waals surface area contributed by atoms with Crippen molar-refractivity contribution in [2.24, 2.45) is 0 Å². The van der Waals surface area contributed by atoms with Crippen LogP contribution in [-0.2, 0) is 0 Å². The third-order valence-electron chi connectivity index (χ3n) is 4.73. The summed E-state index contributed by atoms with van der Waals surface area (Å²) in [7, 11) is 1.97. The van der Waals surface area contributed by atoms with Gasteiger partial charge in [-0.3, -0.25) is 0 Å². The molecule has 0 bridgehead atoms. The molecule has 6 heteroatoms. The van der Waals surface area contributed by atoms with Gasteiger partial charge in [0.1, 0.15) is 11.6 Å². The fraction of sp³-hybridized carbons (Fsp3) is 0.333. The summed E-state index contributed by atoms with van der Waals surface area (Å²) in [5.74, 6) is 1.32. The predicted octanol–water partition coefficient (Wildman–Crippen LogP) is 2.03. The zero-order valence-electron chi connectivity index (χ0n) is 14.2. The van der Waals surface area contributed by atoms with Crippen molar-refractivity contribution in [3.63, 3.8) is 0 Å². The Morgan fingerprint density at radius 2 is 2.17 bits per heavy atom. The number of aromatic amines is 1. The molecule has 0 amide bonds. The van der Waals surface area contributed by atoms with Gasteiger partial charge in [-0.1, -0.05) is 12.2 Å². The quantitative estimate of drug-likeness (QED) is 0.694. The Morgan fingerprint density at radius 3 is 2.96 bits per heavy atom. The molecule has 0 fully saturated rings. The molecule has 0 radical (unpaired) electrons. The highest BCUT2D eigenvalue weighted by Gasteiger charge is 2.35. The molecule has 3 heterocycles. The minimum Gasteiger partial charge on any atom is -0.384 e. The second-order valence-corrected chi connectivity index (χ2v) is 6.74. The van der Waals surface area contributed by atoms with E-state index in [1.165, 1.54) is 11.1 Å². The number of anilines is 1. The van der Waals surface area contributed by atoms with Gasteiger partial charge in [-0.15, -0.1) is 0 Å². The molecule has 124 valence electrons. The lowest BCUT2D eigenvalue weighted by Crippen LogP contribution is -2.39. The zero-order valence-corrected chi connectivity index (χ0v) is 14.2. The van der Waals surface area contributed by atoms with Crippen molar-refractivity contribution in [2.75, 3.05) is 19.3 Å². The molecule has 0 saturated heterocycles. The molecule has 6 nitrogen and oxygen atoms in total. The molecule has 4 rings (SSSR count). The van der Waals surface area contributed by atoms with Gasteiger partial charge in [0.2, 0.25) is 0 Å². The van der Waals surface area contributed by atoms with Gasteiger partial charge >= 0.3 is 0 Å². The van der Waals surface area contributed by atoms with E-state index in [0.29, 0.717) is 11.5 Å². The van der Waals surface area contributed by atoms with Gasteiger partial charge in [0.25, 0.3) is 0 Å². The normalized spacial score (nSPS) is 22.7. The average Bonchev–Trinajstić information content (AvgIpc) is 3.05. The van der Waals surface area contributed by atoms with E-state index in [-0.39, 0.29) is 5.54 Å². The number of fused-ring (bicyclic) bond motifs is 2. The first kappa shape index (κ1) is 15.0. The first-order chi connectivity index (χ1) is 11.5. The van der Waals surface area contributed by atoms with Crippen molar-refractivity contribution in [1.29, 1.82) is 0 Å². The second-order valence-electron chi connectivity index (χ2n) is 6.74. The van der Waals surface area contributed by atoms with Crippen LogP contribution in [0.2, 0.25) is 0 Å². The smallest absolute Gasteiger partial charge is 0.180 e. The van der Waals surface area contributed by atoms with E-state index in [1.54, 1.807) is 0 Å². The number of nitrogens with one attached hydrogen (secondary N) is 3. The number of imidazole rings is 1. The SMILES string of the molecule is CNCC1=CCC2(C)NC(c3cc(N)nc4nc(C)[nH]c34)=CC2=C1. The zero-order chi connectivity index (χ0) is 16.9. The molecule has 2 aromatic heterocycles. The number of aryl methyl sites for hydroxylation is 1. The number of hydrogen-bond donors (Lipinski definition) is 4. The van der Waals surface area contributed by atoms with Gasteiger partial charge in [-0.2, -0.15) is 0 Å². The summed E-state index contributed by atoms with van der Waals surface area (Å²) in [6.07, 6.45) is 7.73. The van der Waals surface area contributed by atoms with Gasteiger partial charge in [-0.05, 0) is 50.6 Å². The van der Waals surface area contributed by atoms with Crippen molar-refractivity contribution >= 4 is 22.7 Å². The van der Waals surface area contributed by atoms with Gasteiger partial charge in [-0.25, -0.2) is 9.97 Å². The van der Waals surface area contributed by atoms with Gasteiger partial charge in [0.05, 0.1) is 11.1 Å². The van der Waals surface area contributed by atoms with Crippen LogP contribution in [0.1, 0.15) is 24.7 Å². The number of hydrogen-bond acceptors (Lipinski definition) is 5. The van der Waals surface area contributed by atoms with E-state index in [0.717, 1.165) is 35.6 Å². The topological polar surface area (TPSA) is 91.7 Å². The number of nitrogens with two attached hydrogens (primary N) is 1. The standard InChI is InChI=1S/C18H22N6/c1-10-21-16-13(8-15(19)23-17(16)22-10)14-7-12-6-11(9-20-3)4-5-18(12,2)24-14/h4,6-8,20,24H,5,9H2,1-3H3,(H3,19,21,22,23). The molecule has 5 N–H and O–H groups in total. The van der Waals surface area contributed by atoms with Crippen LogP contribution in [0.4, 0.5) is 5.82 Å². The Morgan fingerprint density at radius 1 is 1.33 bits per heavy atom. The third-order valence-corrected chi connectivity index (χ3v) is 4.73. The minimum absolute atomic E-state index is 0.0774. The second kappa shape index (κ2) is 5.21. The first-order valence-electron chi connectivity index (χ1n) is 8.17. The Bertz CT molecular complexity index is 917. The Hall–Kier alpha value is -2.60. The summed E-state index contributed by atoms with van der Waals surface area (Å²) in [5, 5.41) is 6.89. The molecule has 2 aromatic rings. The predicted molar refractivity (Wildman–Crippen MR) is 97.3 cm³/mol. The van der Waals surface area contributed by atoms with E-state index in [9.17, 15) is 0 Å². The van der Waals surface area contributed by atoms with Crippen LogP contribution < -0.4 is 16.4 Å². The maximum Gasteiger partial charge on any atom is 0.180 e. The van der Waals surface area contributed by atoms with Crippen LogP contribution in [0.3, 0.4) is 0 Å². The van der Waals surface area contributed by atoms with Gasteiger partial charge in [0.15, 0.2) is 5.65 Å². The summed E-state index contributed by atoms with van der Waals surface area (Å²) in [6.45, 7) is 5.04. The molecular weight excluding hydrogens is 300 g/mol. The lowest BCUT2D eigenvalue weighted by atomic mass is 9.84. The maximum atomic E-state index is 5.99. The Labute approximate surface area is 140 Å². The fourth-order valence-electron chi connectivity index (χ4n) is 3.49. The van der Waals surface area contributed by atoms with Gasteiger partial charge in [0, 0.05) is 17.8 Å². The van der Waals surface area contributed by atoms with E-state index in [4.69, 9.17) is 5.73 Å². The van der Waals surface area contributed by atoms with Crippen molar-refractivity contribution in [2.45, 2.75) is 25.8 Å². The summed E-state index contributed by atoms with van der Waals surface area (Å²) >= 11 is 0. The van der Waals surface area contributed by atoms with Crippen LogP contribution >= 0.6 is 0 Å². The lowest BCUT2D eigenvalue weighted by Gasteiger charge is -2.30. The first-order valence-corrected chi connectivity index (χ1v) is 8.17. The van der Waals surface area contributed by atoms with Crippen LogP contribution in [0.25, 0.3) is 16.9 Å². The highest BCUT2D eigenvalue weighted by molar-refractivity contribution is 5.90. The minimum atomic E-state index is -0.0774. The summed E-state index contributed by atoms with van der Waals surface area (Å²) in [4.78, 5) is 12.0. The highest BCUT2D eigenvalue weighted by atomic mass is 15.0. The molecule has 2 aliphatic rings. The van der Waals surface area contributed by atoms with Crippen LogP contribution in [0.5, 0.6) is 0 Å². The molecular formula is C18H22N6. The maximum absolute atomic E-state index is 5.99. The van der Waals surface area contributed by atoms with Gasteiger partial charge < -0.3 is 21.4 Å². The average molecular weight is 322 g/mol. The van der Waals surface area contributed by atoms with Crippen LogP contribution in [0, 0.1) is 6.92 Å². The third kappa shape index (κ3) is 2.30. The molecule has 1 atom stereocenters. The molecule has 24 heavy (non-hydrogen) atoms. The van der Waals surface area contributed by atoms with Crippen molar-refractivity contribution < 1.29 is 0 Å². The highest BCUT2D eigenvalue weighted by Crippen LogP contribution is 2.39. The molecule has 1 aliphatic carbocycles. The van der Waals surface area contributed by atoms with E-state index < -0.39 is 0 Å². The fourth-order valence-corrected chi connectivity index (χ4v) is 3.49. The van der Waals surface area contributed by atoms with Crippen molar-refractivity contribution in [1.82, 2.24) is 25.6 Å². The number of aromatic nitrogens is 3. The molecule has 1 aliphatic heterocycles. The monoisotopic (exact) mass is 322 g/mol. The number of nitrogen functional groups attached to an aromatic ring is 1. The van der Waals surface area contributed by atoms with Crippen LogP contribution in [0.15, 0.2) is 35.4 Å². The molecule has 0 spiro atoms. The number of nitrogens with zero attached hydrogens (tertiary/aromatic N) is 2. The van der Waals surface area contributed by atoms with Crippen molar-refractivity contribution in [3.8, 4) is 0 Å². The number of pyridine rings is 1. The Kier molecular flexibility index (Phi) is 3.25.